The molecule has 0 N–H and O–H groups in total. The molecule has 0 atom stereocenters. The fourth-order valence-electron chi connectivity index (χ4n) is 4.65. The van der Waals surface area contributed by atoms with Gasteiger partial charge in [0.1, 0.15) is 5.15 Å². The predicted molar refractivity (Wildman–Crippen MR) is 116 cm³/mol. The lowest BCUT2D eigenvalue weighted by molar-refractivity contribution is 0.0357. The maximum Gasteiger partial charge on any atom is 0.320 e. The Bertz CT molecular complexity index is 889. The number of benzene rings is 1. The summed E-state index contributed by atoms with van der Waals surface area (Å²) in [6, 6.07) is 6.76. The minimum Gasteiger partial charge on any atom is -0.378 e. The number of ether oxygens (including phenoxy) is 1. The number of rotatable bonds is 3. The molecule has 1 aromatic carbocycles. The van der Waals surface area contributed by atoms with E-state index in [1.807, 2.05) is 9.80 Å². The van der Waals surface area contributed by atoms with Crippen LogP contribution in [0.25, 0.3) is 10.9 Å². The van der Waals surface area contributed by atoms with Gasteiger partial charge in [-0.3, -0.25) is 0 Å². The van der Waals surface area contributed by atoms with Gasteiger partial charge in [-0.1, -0.05) is 42.5 Å². The number of pyridine rings is 1. The maximum absolute atomic E-state index is 13.4. The van der Waals surface area contributed by atoms with Crippen molar-refractivity contribution in [3.05, 3.63) is 40.0 Å². The van der Waals surface area contributed by atoms with Crippen LogP contribution >= 0.6 is 11.6 Å². The van der Waals surface area contributed by atoms with Gasteiger partial charge in [-0.15, -0.1) is 0 Å². The van der Waals surface area contributed by atoms with E-state index in [0.717, 1.165) is 34.9 Å². The molecular formula is C23H30ClN3O2. The van der Waals surface area contributed by atoms with Crippen LogP contribution in [-0.2, 0) is 11.3 Å². The number of amides is 2. The normalized spacial score (nSPS) is 18.2. The van der Waals surface area contributed by atoms with Gasteiger partial charge in [-0.2, -0.15) is 0 Å². The van der Waals surface area contributed by atoms with Gasteiger partial charge in [0, 0.05) is 30.1 Å². The lowest BCUT2D eigenvalue weighted by atomic mass is 9.94. The summed E-state index contributed by atoms with van der Waals surface area (Å²) in [7, 11) is 0. The number of urea groups is 1. The van der Waals surface area contributed by atoms with Gasteiger partial charge >= 0.3 is 6.03 Å². The predicted octanol–water partition coefficient (Wildman–Crippen LogP) is 5.09. The molecule has 1 aliphatic carbocycles. The van der Waals surface area contributed by atoms with Crippen LogP contribution in [-0.4, -0.2) is 53.2 Å². The van der Waals surface area contributed by atoms with Crippen molar-refractivity contribution in [3.63, 3.8) is 0 Å². The first-order valence-corrected chi connectivity index (χ1v) is 11.1. The van der Waals surface area contributed by atoms with Crippen LogP contribution in [0.15, 0.2) is 18.2 Å². The van der Waals surface area contributed by atoms with Crippen LogP contribution in [0, 0.1) is 13.8 Å². The Morgan fingerprint density at radius 2 is 1.90 bits per heavy atom. The molecule has 2 aromatic rings. The topological polar surface area (TPSA) is 45.7 Å². The molecule has 6 heteroatoms. The van der Waals surface area contributed by atoms with Crippen molar-refractivity contribution < 1.29 is 9.53 Å². The number of nitrogens with zero attached hydrogens (tertiary/aromatic N) is 3. The van der Waals surface area contributed by atoms with Crippen LogP contribution in [0.1, 0.15) is 48.8 Å². The molecule has 156 valence electrons. The largest absolute Gasteiger partial charge is 0.378 e. The molecule has 0 radical (unpaired) electrons. The van der Waals surface area contributed by atoms with E-state index in [2.05, 4.69) is 37.0 Å². The highest BCUT2D eigenvalue weighted by Gasteiger charge is 2.30. The lowest BCUT2D eigenvalue weighted by Crippen LogP contribution is -2.51. The summed E-state index contributed by atoms with van der Waals surface area (Å²) in [4.78, 5) is 22.1. The lowest BCUT2D eigenvalue weighted by Gasteiger charge is -2.39. The standard InChI is InChI=1S/C23H30ClN3O2/c1-16-12-17(2)21-18(13-16)14-19(22(24)25-21)15-27(20-6-4-3-5-7-20)23(28)26-8-10-29-11-9-26/h12-14,20H,3-11,15H2,1-2H3. The summed E-state index contributed by atoms with van der Waals surface area (Å²) in [5.74, 6) is 0. The fourth-order valence-corrected chi connectivity index (χ4v) is 4.85. The Labute approximate surface area is 178 Å². The molecule has 1 aromatic heterocycles. The Morgan fingerprint density at radius 3 is 2.62 bits per heavy atom. The van der Waals surface area contributed by atoms with Gasteiger partial charge in [0.05, 0.1) is 25.3 Å². The molecule has 1 aliphatic heterocycles. The SMILES string of the molecule is Cc1cc(C)c2nc(Cl)c(CN(C(=O)N3CCOCC3)C3CCCCC3)cc2c1. The number of hydrogen-bond acceptors (Lipinski definition) is 3. The first-order chi connectivity index (χ1) is 14.0. The number of hydrogen-bond donors (Lipinski definition) is 0. The van der Waals surface area contributed by atoms with Crippen molar-refractivity contribution in [2.24, 2.45) is 0 Å². The summed E-state index contributed by atoms with van der Waals surface area (Å²) in [6.45, 7) is 7.21. The Kier molecular flexibility index (Phi) is 6.26. The molecular weight excluding hydrogens is 386 g/mol. The van der Waals surface area contributed by atoms with Crippen LogP contribution < -0.4 is 0 Å². The summed E-state index contributed by atoms with van der Waals surface area (Å²) in [5, 5.41) is 1.59. The Morgan fingerprint density at radius 1 is 1.17 bits per heavy atom. The Hall–Kier alpha value is -1.85. The molecule has 2 amide bonds. The highest BCUT2D eigenvalue weighted by atomic mass is 35.5. The number of morpholine rings is 1. The average Bonchev–Trinajstić information content (AvgIpc) is 2.73. The van der Waals surface area contributed by atoms with Gasteiger partial charge in [-0.05, 0) is 44.4 Å². The van der Waals surface area contributed by atoms with Crippen molar-refractivity contribution in [3.8, 4) is 0 Å². The van der Waals surface area contributed by atoms with Crippen molar-refractivity contribution in [2.45, 2.75) is 58.5 Å². The average molecular weight is 416 g/mol. The second kappa shape index (κ2) is 8.88. The first-order valence-electron chi connectivity index (χ1n) is 10.7. The third-order valence-corrected chi connectivity index (χ3v) is 6.49. The molecule has 0 bridgehead atoms. The van der Waals surface area contributed by atoms with E-state index in [-0.39, 0.29) is 12.1 Å². The zero-order valence-corrected chi connectivity index (χ0v) is 18.2. The van der Waals surface area contributed by atoms with Crippen molar-refractivity contribution in [1.82, 2.24) is 14.8 Å². The van der Waals surface area contributed by atoms with E-state index < -0.39 is 0 Å². The van der Waals surface area contributed by atoms with Gasteiger partial charge in [0.2, 0.25) is 0 Å². The minimum absolute atomic E-state index is 0.108. The van der Waals surface area contributed by atoms with Crippen molar-refractivity contribution in [1.29, 1.82) is 0 Å². The zero-order chi connectivity index (χ0) is 20.4. The van der Waals surface area contributed by atoms with Gasteiger partial charge in [-0.25, -0.2) is 9.78 Å². The van der Waals surface area contributed by atoms with Crippen LogP contribution in [0.3, 0.4) is 0 Å². The molecule has 1 saturated carbocycles. The van der Waals surface area contributed by atoms with E-state index in [9.17, 15) is 4.79 Å². The molecule has 29 heavy (non-hydrogen) atoms. The van der Waals surface area contributed by atoms with Gasteiger partial charge in [0.15, 0.2) is 0 Å². The molecule has 0 unspecified atom stereocenters. The third-order valence-electron chi connectivity index (χ3n) is 6.16. The summed E-state index contributed by atoms with van der Waals surface area (Å²) in [6.07, 6.45) is 5.74. The second-order valence-electron chi connectivity index (χ2n) is 8.39. The van der Waals surface area contributed by atoms with Crippen molar-refractivity contribution >= 4 is 28.5 Å². The highest BCUT2D eigenvalue weighted by molar-refractivity contribution is 6.30. The molecule has 0 spiro atoms. The molecule has 2 heterocycles. The van der Waals surface area contributed by atoms with Crippen LogP contribution in [0.5, 0.6) is 0 Å². The van der Waals surface area contributed by atoms with E-state index >= 15 is 0 Å². The van der Waals surface area contributed by atoms with Gasteiger partial charge in [0.25, 0.3) is 0 Å². The van der Waals surface area contributed by atoms with Crippen molar-refractivity contribution in [2.75, 3.05) is 26.3 Å². The second-order valence-corrected chi connectivity index (χ2v) is 8.75. The number of carbonyl (C=O) groups excluding carboxylic acids is 1. The van der Waals surface area contributed by atoms with Crippen LogP contribution in [0.2, 0.25) is 5.15 Å². The van der Waals surface area contributed by atoms with Crippen LogP contribution in [0.4, 0.5) is 4.79 Å². The van der Waals surface area contributed by atoms with Gasteiger partial charge < -0.3 is 14.5 Å². The maximum atomic E-state index is 13.4. The van der Waals surface area contributed by atoms with E-state index in [1.165, 1.54) is 24.8 Å². The highest BCUT2D eigenvalue weighted by Crippen LogP contribution is 2.29. The number of aromatic nitrogens is 1. The smallest absolute Gasteiger partial charge is 0.320 e. The summed E-state index contributed by atoms with van der Waals surface area (Å²) >= 11 is 6.61. The minimum atomic E-state index is 0.108. The molecule has 5 nitrogen and oxygen atoms in total. The summed E-state index contributed by atoms with van der Waals surface area (Å²) < 4.78 is 5.44. The monoisotopic (exact) mass is 415 g/mol. The molecule has 1 saturated heterocycles. The molecule has 2 fully saturated rings. The number of carbonyl (C=O) groups is 1. The van der Waals surface area contributed by atoms with E-state index in [0.29, 0.717) is 38.0 Å². The summed E-state index contributed by atoms with van der Waals surface area (Å²) in [5.41, 5.74) is 4.20. The number of aryl methyl sites for hydroxylation is 2. The zero-order valence-electron chi connectivity index (χ0n) is 17.4. The molecule has 2 aliphatic rings. The third kappa shape index (κ3) is 4.51. The van der Waals surface area contributed by atoms with E-state index in [4.69, 9.17) is 16.3 Å². The number of halogens is 1. The fraction of sp³-hybridized carbons (Fsp3) is 0.565. The van der Waals surface area contributed by atoms with E-state index in [1.54, 1.807) is 0 Å². The Balaban J connectivity index is 1.66. The molecule has 4 rings (SSSR count). The number of fused-ring (bicyclic) bond motifs is 1. The quantitative estimate of drug-likeness (QED) is 0.655. The first kappa shape index (κ1) is 20.4.